The van der Waals surface area contributed by atoms with Crippen LogP contribution >= 0.6 is 11.3 Å². The van der Waals surface area contributed by atoms with E-state index in [-0.39, 0.29) is 12.5 Å². The number of benzene rings is 2. The van der Waals surface area contributed by atoms with Gasteiger partial charge in [-0.1, -0.05) is 29.5 Å². The Balaban J connectivity index is 1.79. The highest BCUT2D eigenvalue weighted by Gasteiger charge is 2.13. The van der Waals surface area contributed by atoms with Gasteiger partial charge >= 0.3 is 6.09 Å². The summed E-state index contributed by atoms with van der Waals surface area (Å²) in [6.45, 7) is 6.03. The predicted molar refractivity (Wildman–Crippen MR) is 104 cm³/mol. The second kappa shape index (κ2) is 7.53. The molecule has 0 aliphatic carbocycles. The normalized spacial score (nSPS) is 10.6. The Morgan fingerprint density at radius 3 is 2.62 bits per heavy atom. The van der Waals surface area contributed by atoms with E-state index in [9.17, 15) is 9.59 Å². The Morgan fingerprint density at radius 2 is 1.88 bits per heavy atom. The molecule has 3 rings (SSSR count). The number of anilines is 2. The van der Waals surface area contributed by atoms with E-state index in [1.165, 1.54) is 11.3 Å². The molecule has 0 bridgehead atoms. The molecular weight excluding hydrogens is 350 g/mol. The summed E-state index contributed by atoms with van der Waals surface area (Å²) in [4.78, 5) is 28.6. The van der Waals surface area contributed by atoms with E-state index in [1.54, 1.807) is 31.2 Å². The first-order chi connectivity index (χ1) is 12.5. The smallest absolute Gasteiger partial charge is 0.411 e. The Hall–Kier alpha value is -2.93. The summed E-state index contributed by atoms with van der Waals surface area (Å²) in [5.74, 6) is -0.285. The standard InChI is InChI=1S/C19H19N3O3S/c1-4-25-19(24)20-14-7-5-6-13(10-14)17(23)22-18-21-15-11(2)8-9-12(3)16(15)26-18/h5-10H,4H2,1-3H3,(H,20,24)(H,21,22,23). The van der Waals surface area contributed by atoms with Gasteiger partial charge in [0.1, 0.15) is 0 Å². The molecular formula is C19H19N3O3S. The van der Waals surface area contributed by atoms with Crippen molar-refractivity contribution in [2.75, 3.05) is 17.2 Å². The number of thiazole rings is 1. The summed E-state index contributed by atoms with van der Waals surface area (Å²) in [5.41, 5.74) is 4.02. The molecule has 0 aliphatic rings. The highest BCUT2D eigenvalue weighted by Crippen LogP contribution is 2.31. The summed E-state index contributed by atoms with van der Waals surface area (Å²) >= 11 is 1.45. The van der Waals surface area contributed by atoms with Crippen molar-refractivity contribution >= 4 is 44.4 Å². The molecule has 3 aromatic rings. The van der Waals surface area contributed by atoms with Crippen molar-refractivity contribution in [3.05, 3.63) is 53.1 Å². The average Bonchev–Trinajstić information content (AvgIpc) is 3.04. The lowest BCUT2D eigenvalue weighted by atomic mass is 10.1. The van der Waals surface area contributed by atoms with Gasteiger partial charge in [-0.15, -0.1) is 0 Å². The van der Waals surface area contributed by atoms with Gasteiger partial charge < -0.3 is 4.74 Å². The maximum Gasteiger partial charge on any atom is 0.411 e. The number of amides is 2. The van der Waals surface area contributed by atoms with Crippen molar-refractivity contribution in [3.63, 3.8) is 0 Å². The van der Waals surface area contributed by atoms with E-state index >= 15 is 0 Å². The van der Waals surface area contributed by atoms with Gasteiger partial charge in [0.2, 0.25) is 0 Å². The van der Waals surface area contributed by atoms with Gasteiger partial charge in [-0.2, -0.15) is 0 Å². The van der Waals surface area contributed by atoms with Crippen LogP contribution in [0.4, 0.5) is 15.6 Å². The second-order valence-electron chi connectivity index (χ2n) is 5.78. The number of ether oxygens (including phenoxy) is 1. The van der Waals surface area contributed by atoms with Crippen molar-refractivity contribution in [3.8, 4) is 0 Å². The molecule has 2 amide bonds. The maximum atomic E-state index is 12.5. The van der Waals surface area contributed by atoms with Crippen molar-refractivity contribution in [1.29, 1.82) is 0 Å². The number of nitrogens with one attached hydrogen (secondary N) is 2. The summed E-state index contributed by atoms with van der Waals surface area (Å²) < 4.78 is 5.91. The van der Waals surface area contributed by atoms with Crippen LogP contribution in [-0.4, -0.2) is 23.6 Å². The summed E-state index contributed by atoms with van der Waals surface area (Å²) in [6.07, 6.45) is -0.554. The van der Waals surface area contributed by atoms with Crippen LogP contribution in [0.1, 0.15) is 28.4 Å². The number of fused-ring (bicyclic) bond motifs is 1. The lowest BCUT2D eigenvalue weighted by Crippen LogP contribution is -2.15. The Morgan fingerprint density at radius 1 is 1.12 bits per heavy atom. The minimum Gasteiger partial charge on any atom is -0.450 e. The molecule has 0 saturated carbocycles. The lowest BCUT2D eigenvalue weighted by molar-refractivity contribution is 0.102. The topological polar surface area (TPSA) is 80.3 Å². The van der Waals surface area contributed by atoms with E-state index in [0.29, 0.717) is 16.4 Å². The van der Waals surface area contributed by atoms with Crippen LogP contribution in [0.25, 0.3) is 10.2 Å². The van der Waals surface area contributed by atoms with Gasteiger partial charge in [0, 0.05) is 11.3 Å². The SMILES string of the molecule is CCOC(=O)Nc1cccc(C(=O)Nc2nc3c(C)ccc(C)c3s2)c1. The fourth-order valence-corrected chi connectivity index (χ4v) is 3.51. The first-order valence-electron chi connectivity index (χ1n) is 8.20. The minimum absolute atomic E-state index is 0.280. The molecule has 1 aromatic heterocycles. The predicted octanol–water partition coefficient (Wildman–Crippen LogP) is 4.73. The van der Waals surface area contributed by atoms with Gasteiger partial charge in [-0.3, -0.25) is 15.4 Å². The molecule has 7 heteroatoms. The molecule has 0 fully saturated rings. The number of nitrogens with zero attached hydrogens (tertiary/aromatic N) is 1. The van der Waals surface area contributed by atoms with Crippen LogP contribution in [-0.2, 0) is 4.74 Å². The number of rotatable bonds is 4. The average molecular weight is 369 g/mol. The monoisotopic (exact) mass is 369 g/mol. The fraction of sp³-hybridized carbons (Fsp3) is 0.211. The van der Waals surface area contributed by atoms with Crippen LogP contribution in [0.2, 0.25) is 0 Å². The van der Waals surface area contributed by atoms with Crippen LogP contribution in [0.3, 0.4) is 0 Å². The zero-order valence-corrected chi connectivity index (χ0v) is 15.6. The fourth-order valence-electron chi connectivity index (χ4n) is 2.51. The van der Waals surface area contributed by atoms with Gasteiger partial charge in [0.15, 0.2) is 5.13 Å². The van der Waals surface area contributed by atoms with Crippen LogP contribution < -0.4 is 10.6 Å². The minimum atomic E-state index is -0.554. The van der Waals surface area contributed by atoms with E-state index in [0.717, 1.165) is 21.3 Å². The van der Waals surface area contributed by atoms with E-state index < -0.39 is 6.09 Å². The molecule has 134 valence electrons. The first-order valence-corrected chi connectivity index (χ1v) is 9.01. The number of carbonyl (C=O) groups is 2. The number of hydrogen-bond acceptors (Lipinski definition) is 5. The third-order valence-corrected chi connectivity index (χ3v) is 4.92. The summed E-state index contributed by atoms with van der Waals surface area (Å²) in [6, 6.07) is 10.7. The summed E-state index contributed by atoms with van der Waals surface area (Å²) in [7, 11) is 0. The molecule has 6 nitrogen and oxygen atoms in total. The Kier molecular flexibility index (Phi) is 5.18. The van der Waals surface area contributed by atoms with Gasteiger partial charge in [0.05, 0.1) is 16.8 Å². The number of aromatic nitrogens is 1. The maximum absolute atomic E-state index is 12.5. The molecule has 1 heterocycles. The van der Waals surface area contributed by atoms with Gasteiger partial charge in [0.25, 0.3) is 5.91 Å². The van der Waals surface area contributed by atoms with E-state index in [1.807, 2.05) is 26.0 Å². The lowest BCUT2D eigenvalue weighted by Gasteiger charge is -2.07. The van der Waals surface area contributed by atoms with Crippen molar-refractivity contribution in [2.45, 2.75) is 20.8 Å². The molecule has 2 aromatic carbocycles. The van der Waals surface area contributed by atoms with Crippen molar-refractivity contribution in [2.24, 2.45) is 0 Å². The molecule has 0 atom stereocenters. The first kappa shape index (κ1) is 17.9. The third kappa shape index (κ3) is 3.83. The molecule has 0 spiro atoms. The number of carbonyl (C=O) groups excluding carboxylic acids is 2. The van der Waals surface area contributed by atoms with Crippen molar-refractivity contribution < 1.29 is 14.3 Å². The number of hydrogen-bond donors (Lipinski definition) is 2. The van der Waals surface area contributed by atoms with E-state index in [2.05, 4.69) is 15.6 Å². The number of aryl methyl sites for hydroxylation is 2. The molecule has 2 N–H and O–H groups in total. The Labute approximate surface area is 155 Å². The molecule has 0 aliphatic heterocycles. The zero-order chi connectivity index (χ0) is 18.7. The van der Waals surface area contributed by atoms with Crippen molar-refractivity contribution in [1.82, 2.24) is 4.98 Å². The zero-order valence-electron chi connectivity index (χ0n) is 14.8. The van der Waals surface area contributed by atoms with E-state index in [4.69, 9.17) is 4.74 Å². The summed E-state index contributed by atoms with van der Waals surface area (Å²) in [5, 5.41) is 5.96. The second-order valence-corrected chi connectivity index (χ2v) is 6.78. The van der Waals surface area contributed by atoms with Crippen LogP contribution in [0, 0.1) is 13.8 Å². The van der Waals surface area contributed by atoms with Crippen LogP contribution in [0.15, 0.2) is 36.4 Å². The highest BCUT2D eigenvalue weighted by molar-refractivity contribution is 7.22. The largest absolute Gasteiger partial charge is 0.450 e. The van der Waals surface area contributed by atoms with Gasteiger partial charge in [-0.25, -0.2) is 9.78 Å². The van der Waals surface area contributed by atoms with Crippen LogP contribution in [0.5, 0.6) is 0 Å². The molecule has 0 unspecified atom stereocenters. The molecule has 26 heavy (non-hydrogen) atoms. The Bertz CT molecular complexity index is 942. The highest BCUT2D eigenvalue weighted by atomic mass is 32.1. The molecule has 0 radical (unpaired) electrons. The molecule has 0 saturated heterocycles. The quantitative estimate of drug-likeness (QED) is 0.696. The third-order valence-electron chi connectivity index (χ3n) is 3.81. The van der Waals surface area contributed by atoms with Gasteiger partial charge in [-0.05, 0) is 50.1 Å².